The minimum absolute atomic E-state index is 0.0699. The van der Waals surface area contributed by atoms with Crippen LogP contribution in [0.5, 0.6) is 5.75 Å². The number of aromatic nitrogens is 1. The van der Waals surface area contributed by atoms with E-state index in [1.165, 1.54) is 4.88 Å². The van der Waals surface area contributed by atoms with Crippen molar-refractivity contribution in [3.8, 4) is 11.8 Å². The van der Waals surface area contributed by atoms with Gasteiger partial charge in [-0.15, -0.1) is 11.3 Å². The van der Waals surface area contributed by atoms with Crippen molar-refractivity contribution in [3.63, 3.8) is 0 Å². The molecule has 1 N–H and O–H groups in total. The van der Waals surface area contributed by atoms with Crippen LogP contribution in [0.2, 0.25) is 0 Å². The number of benzene rings is 1. The van der Waals surface area contributed by atoms with E-state index in [0.29, 0.717) is 5.75 Å². The van der Waals surface area contributed by atoms with Crippen LogP contribution in [-0.2, 0) is 0 Å². The molecule has 1 aromatic heterocycles. The molecule has 0 saturated carbocycles. The number of aryl methyl sites for hydroxylation is 2. The zero-order chi connectivity index (χ0) is 14.5. The zero-order valence-corrected chi connectivity index (χ0v) is 12.6. The highest BCUT2D eigenvalue weighted by Gasteiger charge is 2.12. The van der Waals surface area contributed by atoms with Gasteiger partial charge in [0.1, 0.15) is 11.8 Å². The van der Waals surface area contributed by atoms with E-state index in [4.69, 9.17) is 10.00 Å². The van der Waals surface area contributed by atoms with Crippen LogP contribution >= 0.6 is 11.3 Å². The molecule has 1 unspecified atom stereocenters. The maximum absolute atomic E-state index is 8.46. The molecular weight excluding hydrogens is 270 g/mol. The van der Waals surface area contributed by atoms with Crippen LogP contribution in [0.25, 0.3) is 0 Å². The van der Waals surface area contributed by atoms with Crippen molar-refractivity contribution in [1.29, 1.82) is 5.26 Å². The number of ether oxygens (including phenoxy) is 1. The molecule has 4 nitrogen and oxygen atoms in total. The predicted octanol–water partition coefficient (Wildman–Crippen LogP) is 3.84. The molecule has 104 valence electrons. The summed E-state index contributed by atoms with van der Waals surface area (Å²) in [5.74, 6) is 0.699. The Bertz CT molecular complexity index is 613. The number of rotatable bonds is 5. The quantitative estimate of drug-likeness (QED) is 0.907. The predicted molar refractivity (Wildman–Crippen MR) is 81.2 cm³/mol. The lowest BCUT2D eigenvalue weighted by atomic mass is 10.2. The van der Waals surface area contributed by atoms with Crippen molar-refractivity contribution in [3.05, 3.63) is 39.8 Å². The summed E-state index contributed by atoms with van der Waals surface area (Å²) in [4.78, 5) is 5.81. The first-order chi connectivity index (χ1) is 9.60. The number of nitrogens with zero attached hydrogens (tertiary/aromatic N) is 2. The minimum Gasteiger partial charge on any atom is -0.479 e. The van der Waals surface area contributed by atoms with Gasteiger partial charge >= 0.3 is 0 Å². The molecule has 0 fully saturated rings. The number of thiazole rings is 1. The number of nitrogens with one attached hydrogen (secondary N) is 1. The van der Waals surface area contributed by atoms with Crippen LogP contribution in [-0.4, -0.2) is 11.6 Å². The second-order valence-electron chi connectivity index (χ2n) is 4.51. The maximum atomic E-state index is 8.46. The Morgan fingerprint density at radius 3 is 2.60 bits per heavy atom. The van der Waals surface area contributed by atoms with Crippen LogP contribution in [0.4, 0.5) is 5.69 Å². The first-order valence-electron chi connectivity index (χ1n) is 6.40. The van der Waals surface area contributed by atoms with Crippen LogP contribution in [0, 0.1) is 25.2 Å². The largest absolute Gasteiger partial charge is 0.479 e. The fourth-order valence-corrected chi connectivity index (χ4v) is 2.94. The van der Waals surface area contributed by atoms with Gasteiger partial charge in [0.25, 0.3) is 0 Å². The summed E-state index contributed by atoms with van der Waals surface area (Å²) in [5, 5.41) is 13.0. The molecule has 20 heavy (non-hydrogen) atoms. The normalized spacial score (nSPS) is 11.7. The summed E-state index contributed by atoms with van der Waals surface area (Å²) in [7, 11) is 0. The molecule has 1 heterocycles. The number of nitriles is 1. The molecule has 5 heteroatoms. The molecule has 0 saturated heterocycles. The van der Waals surface area contributed by atoms with E-state index in [0.717, 1.165) is 16.4 Å². The Balaban J connectivity index is 2.03. The summed E-state index contributed by atoms with van der Waals surface area (Å²) in [6, 6.07) is 9.70. The lowest BCUT2D eigenvalue weighted by molar-refractivity contribution is 0.368. The second kappa shape index (κ2) is 6.40. The van der Waals surface area contributed by atoms with Crippen LogP contribution in [0.1, 0.15) is 28.5 Å². The highest BCUT2D eigenvalue weighted by molar-refractivity contribution is 7.11. The van der Waals surface area contributed by atoms with E-state index in [2.05, 4.69) is 24.1 Å². The van der Waals surface area contributed by atoms with Gasteiger partial charge in [-0.25, -0.2) is 4.98 Å². The average molecular weight is 287 g/mol. The van der Waals surface area contributed by atoms with E-state index in [9.17, 15) is 0 Å². The first kappa shape index (κ1) is 14.4. The van der Waals surface area contributed by atoms with E-state index in [-0.39, 0.29) is 12.6 Å². The van der Waals surface area contributed by atoms with Crippen molar-refractivity contribution in [1.82, 2.24) is 4.98 Å². The van der Waals surface area contributed by atoms with Gasteiger partial charge in [-0.3, -0.25) is 0 Å². The molecule has 1 aromatic carbocycles. The van der Waals surface area contributed by atoms with Gasteiger partial charge in [-0.2, -0.15) is 5.26 Å². The van der Waals surface area contributed by atoms with Crippen LogP contribution < -0.4 is 10.1 Å². The van der Waals surface area contributed by atoms with E-state index in [1.54, 1.807) is 11.3 Å². The molecule has 0 radical (unpaired) electrons. The Morgan fingerprint density at radius 1 is 1.35 bits per heavy atom. The lowest BCUT2D eigenvalue weighted by Gasteiger charge is -2.14. The van der Waals surface area contributed by atoms with Crippen molar-refractivity contribution in [2.45, 2.75) is 26.8 Å². The Hall–Kier alpha value is -2.06. The molecule has 2 aromatic rings. The molecular formula is C15H17N3OS. The molecule has 0 bridgehead atoms. The van der Waals surface area contributed by atoms with Gasteiger partial charge in [-0.05, 0) is 45.0 Å². The number of hydrogen-bond donors (Lipinski definition) is 1. The van der Waals surface area contributed by atoms with Gasteiger partial charge in [0.15, 0.2) is 6.61 Å². The average Bonchev–Trinajstić information content (AvgIpc) is 2.77. The Labute approximate surface area is 123 Å². The third-order valence-electron chi connectivity index (χ3n) is 2.89. The Kier molecular flexibility index (Phi) is 4.59. The van der Waals surface area contributed by atoms with Gasteiger partial charge in [-0.1, -0.05) is 0 Å². The van der Waals surface area contributed by atoms with Crippen LogP contribution in [0.15, 0.2) is 24.3 Å². The maximum Gasteiger partial charge on any atom is 0.174 e. The SMILES string of the molecule is Cc1nc(C(C)Nc2ccc(OCC#N)cc2)c(C)s1. The molecule has 0 spiro atoms. The smallest absolute Gasteiger partial charge is 0.174 e. The minimum atomic E-state index is 0.0699. The molecule has 0 aliphatic rings. The summed E-state index contributed by atoms with van der Waals surface area (Å²) in [6.45, 7) is 6.29. The second-order valence-corrected chi connectivity index (χ2v) is 5.92. The number of hydrogen-bond acceptors (Lipinski definition) is 5. The van der Waals surface area contributed by atoms with Crippen molar-refractivity contribution >= 4 is 17.0 Å². The Morgan fingerprint density at radius 2 is 2.05 bits per heavy atom. The van der Waals surface area contributed by atoms with Crippen molar-refractivity contribution in [2.75, 3.05) is 11.9 Å². The van der Waals surface area contributed by atoms with Crippen molar-refractivity contribution in [2.24, 2.45) is 0 Å². The number of anilines is 1. The monoisotopic (exact) mass is 287 g/mol. The summed E-state index contributed by atoms with van der Waals surface area (Å²) in [5.41, 5.74) is 2.10. The van der Waals surface area contributed by atoms with Gasteiger partial charge in [0, 0.05) is 10.6 Å². The third-order valence-corrected chi connectivity index (χ3v) is 3.79. The van der Waals surface area contributed by atoms with Gasteiger partial charge in [0.05, 0.1) is 16.7 Å². The molecule has 0 aliphatic heterocycles. The van der Waals surface area contributed by atoms with Gasteiger partial charge in [0.2, 0.25) is 0 Å². The summed E-state index contributed by atoms with van der Waals surface area (Å²) >= 11 is 1.72. The zero-order valence-electron chi connectivity index (χ0n) is 11.8. The van der Waals surface area contributed by atoms with Crippen LogP contribution in [0.3, 0.4) is 0 Å². The summed E-state index contributed by atoms with van der Waals surface area (Å²) < 4.78 is 5.22. The molecule has 0 aliphatic carbocycles. The fraction of sp³-hybridized carbons (Fsp3) is 0.333. The fourth-order valence-electron chi connectivity index (χ4n) is 2.03. The summed E-state index contributed by atoms with van der Waals surface area (Å²) in [6.07, 6.45) is 0. The van der Waals surface area contributed by atoms with Crippen molar-refractivity contribution < 1.29 is 4.74 Å². The third kappa shape index (κ3) is 3.49. The topological polar surface area (TPSA) is 57.9 Å². The lowest BCUT2D eigenvalue weighted by Crippen LogP contribution is -2.08. The molecule has 0 amide bonds. The van der Waals surface area contributed by atoms with E-state index < -0.39 is 0 Å². The van der Waals surface area contributed by atoms with Gasteiger partial charge < -0.3 is 10.1 Å². The van der Waals surface area contributed by atoms with E-state index >= 15 is 0 Å². The standard InChI is InChI=1S/C15H17N3OS/c1-10(15-11(2)20-12(3)18-15)17-13-4-6-14(7-5-13)19-9-8-16/h4-7,10,17H,9H2,1-3H3. The highest BCUT2D eigenvalue weighted by Crippen LogP contribution is 2.26. The highest BCUT2D eigenvalue weighted by atomic mass is 32.1. The molecule has 1 atom stereocenters. The molecule has 2 rings (SSSR count). The first-order valence-corrected chi connectivity index (χ1v) is 7.22. The van der Waals surface area contributed by atoms with E-state index in [1.807, 2.05) is 37.3 Å².